The van der Waals surface area contributed by atoms with Crippen LogP contribution in [-0.4, -0.2) is 53.5 Å². The van der Waals surface area contributed by atoms with Crippen molar-refractivity contribution in [1.29, 1.82) is 0 Å². The Morgan fingerprint density at radius 2 is 1.75 bits per heavy atom. The van der Waals surface area contributed by atoms with Gasteiger partial charge >= 0.3 is 0 Å². The van der Waals surface area contributed by atoms with Crippen molar-refractivity contribution in [3.63, 3.8) is 0 Å². The maximum atomic E-state index is 13.0. The van der Waals surface area contributed by atoms with Crippen molar-refractivity contribution < 1.29 is 24.2 Å². The Balaban J connectivity index is 2.03. The first-order chi connectivity index (χ1) is 17.3. The molecule has 3 atom stereocenters. The molecule has 0 aliphatic heterocycles. The minimum atomic E-state index is -0.864. The molecule has 0 bridgehead atoms. The van der Waals surface area contributed by atoms with E-state index < -0.39 is 29.8 Å². The molecule has 1 radical (unpaired) electrons. The molecule has 0 aliphatic carbocycles. The van der Waals surface area contributed by atoms with Crippen LogP contribution in [0.15, 0.2) is 54.6 Å². The second-order valence-electron chi connectivity index (χ2n) is 8.60. The van der Waals surface area contributed by atoms with Crippen LogP contribution in [0.25, 0.3) is 0 Å². The highest BCUT2D eigenvalue weighted by Crippen LogP contribution is 2.16. The molecule has 36 heavy (non-hydrogen) atoms. The second kappa shape index (κ2) is 15.9. The lowest BCUT2D eigenvalue weighted by Crippen LogP contribution is -2.51. The van der Waals surface area contributed by atoms with Crippen LogP contribution in [0.5, 0.6) is 5.75 Å². The summed E-state index contributed by atoms with van der Waals surface area (Å²) in [6.45, 7) is 1.89. The quantitative estimate of drug-likeness (QED) is 0.272. The fourth-order valence-electron chi connectivity index (χ4n) is 3.31. The second-order valence-corrected chi connectivity index (χ2v) is 9.58. The van der Waals surface area contributed by atoms with Crippen LogP contribution in [0, 0.1) is 12.3 Å². The Kier molecular flexibility index (Phi) is 12.9. The number of thioether (sulfide) groups is 1. The van der Waals surface area contributed by atoms with Crippen molar-refractivity contribution in [2.75, 3.05) is 18.6 Å². The SMILES string of the molecule is CSCCC(CO)NC(=O)C(Cc1ccc(OCc2ccccc2)cc1)NC(=O)[CH]CC(C)C(N)=O. The number of carbonyl (C=O) groups excluding carboxylic acids is 3. The van der Waals surface area contributed by atoms with E-state index in [1.165, 1.54) is 6.42 Å². The maximum absolute atomic E-state index is 13.0. The summed E-state index contributed by atoms with van der Waals surface area (Å²) in [5.74, 6) is -0.357. The molecule has 3 unspecified atom stereocenters. The van der Waals surface area contributed by atoms with Crippen LogP contribution in [0.3, 0.4) is 0 Å². The molecule has 9 heteroatoms. The number of aliphatic hydroxyl groups is 1. The van der Waals surface area contributed by atoms with Crippen molar-refractivity contribution in [2.45, 2.75) is 44.9 Å². The number of amides is 3. The molecule has 0 aliphatic rings. The number of carbonyl (C=O) groups is 3. The van der Waals surface area contributed by atoms with Gasteiger partial charge in [-0.3, -0.25) is 14.4 Å². The Morgan fingerprint density at radius 3 is 2.36 bits per heavy atom. The lowest BCUT2D eigenvalue weighted by molar-refractivity contribution is -0.128. The zero-order valence-electron chi connectivity index (χ0n) is 20.8. The summed E-state index contributed by atoms with van der Waals surface area (Å²) in [5, 5.41) is 15.2. The van der Waals surface area contributed by atoms with Gasteiger partial charge in [0.05, 0.1) is 19.1 Å². The lowest BCUT2D eigenvalue weighted by atomic mass is 10.0. The number of nitrogens with two attached hydrogens (primary N) is 1. The van der Waals surface area contributed by atoms with Crippen LogP contribution in [-0.2, 0) is 27.4 Å². The molecule has 0 saturated carbocycles. The summed E-state index contributed by atoms with van der Waals surface area (Å²) in [4.78, 5) is 36.8. The first kappa shape index (κ1) is 29.2. The van der Waals surface area contributed by atoms with E-state index in [0.717, 1.165) is 16.9 Å². The van der Waals surface area contributed by atoms with Gasteiger partial charge < -0.3 is 26.2 Å². The van der Waals surface area contributed by atoms with E-state index in [0.29, 0.717) is 18.8 Å². The Labute approximate surface area is 217 Å². The number of aliphatic hydroxyl groups excluding tert-OH is 1. The van der Waals surface area contributed by atoms with Gasteiger partial charge in [-0.05, 0) is 48.1 Å². The van der Waals surface area contributed by atoms with Crippen molar-refractivity contribution >= 4 is 29.5 Å². The number of ether oxygens (including phenoxy) is 1. The maximum Gasteiger partial charge on any atom is 0.243 e. The standard InChI is InChI=1S/C27H36N3O5S/c1-19(26(28)33)8-13-25(32)30-24(27(34)29-22(17-31)14-15-36-2)16-20-9-11-23(12-10-20)35-18-21-6-4-3-5-7-21/h3-7,9-13,19,22,24,31H,8,14-18H2,1-2H3,(H2,28,33)(H,29,34)(H,30,32). The van der Waals surface area contributed by atoms with Crippen molar-refractivity contribution in [2.24, 2.45) is 11.7 Å². The summed E-state index contributed by atoms with van der Waals surface area (Å²) < 4.78 is 5.82. The van der Waals surface area contributed by atoms with Gasteiger partial charge in [0.1, 0.15) is 18.4 Å². The summed E-state index contributed by atoms with van der Waals surface area (Å²) in [6.07, 6.45) is 4.31. The molecule has 2 aromatic carbocycles. The number of hydrogen-bond donors (Lipinski definition) is 4. The van der Waals surface area contributed by atoms with E-state index in [9.17, 15) is 19.5 Å². The third kappa shape index (κ3) is 10.7. The van der Waals surface area contributed by atoms with E-state index in [4.69, 9.17) is 10.5 Å². The van der Waals surface area contributed by atoms with Gasteiger partial charge in [0.15, 0.2) is 0 Å². The van der Waals surface area contributed by atoms with Gasteiger partial charge in [-0.1, -0.05) is 49.4 Å². The van der Waals surface area contributed by atoms with Gasteiger partial charge in [0.25, 0.3) is 0 Å². The van der Waals surface area contributed by atoms with E-state index in [-0.39, 0.29) is 25.4 Å². The molecule has 0 aromatic heterocycles. The average Bonchev–Trinajstić information content (AvgIpc) is 2.89. The molecule has 5 N–H and O–H groups in total. The summed E-state index contributed by atoms with van der Waals surface area (Å²) in [5.41, 5.74) is 7.15. The van der Waals surface area contributed by atoms with E-state index in [2.05, 4.69) is 10.6 Å². The Bertz CT molecular complexity index is 956. The Morgan fingerprint density at radius 1 is 1.06 bits per heavy atom. The van der Waals surface area contributed by atoms with Gasteiger partial charge in [-0.2, -0.15) is 11.8 Å². The molecular weight excluding hydrogens is 478 g/mol. The predicted octanol–water partition coefficient (Wildman–Crippen LogP) is 2.24. The molecule has 8 nitrogen and oxygen atoms in total. The molecule has 195 valence electrons. The number of benzene rings is 2. The van der Waals surface area contributed by atoms with Crippen LogP contribution in [0.4, 0.5) is 0 Å². The first-order valence-electron chi connectivity index (χ1n) is 11.9. The monoisotopic (exact) mass is 514 g/mol. The molecule has 0 fully saturated rings. The van der Waals surface area contributed by atoms with Gasteiger partial charge in [-0.15, -0.1) is 0 Å². The summed E-state index contributed by atoms with van der Waals surface area (Å²) in [7, 11) is 0. The molecule has 2 rings (SSSR count). The molecule has 0 heterocycles. The normalized spacial score (nSPS) is 13.3. The van der Waals surface area contributed by atoms with Crippen molar-refractivity contribution in [3.05, 3.63) is 72.1 Å². The topological polar surface area (TPSA) is 131 Å². The number of rotatable bonds is 16. The average molecular weight is 515 g/mol. The fourth-order valence-corrected chi connectivity index (χ4v) is 3.83. The largest absolute Gasteiger partial charge is 0.489 e. The van der Waals surface area contributed by atoms with E-state index in [1.54, 1.807) is 18.7 Å². The fraction of sp³-hybridized carbons (Fsp3) is 0.407. The molecule has 0 spiro atoms. The highest BCUT2D eigenvalue weighted by Gasteiger charge is 2.24. The van der Waals surface area contributed by atoms with E-state index in [1.807, 2.05) is 60.9 Å². The highest BCUT2D eigenvalue weighted by molar-refractivity contribution is 7.98. The van der Waals surface area contributed by atoms with Crippen molar-refractivity contribution in [3.8, 4) is 5.75 Å². The number of primary amides is 1. The van der Waals surface area contributed by atoms with Gasteiger partial charge in [0, 0.05) is 12.3 Å². The minimum absolute atomic E-state index is 0.177. The highest BCUT2D eigenvalue weighted by atomic mass is 32.2. The molecular formula is C27H36N3O5S. The van der Waals surface area contributed by atoms with Crippen LogP contribution in [0.2, 0.25) is 0 Å². The van der Waals surface area contributed by atoms with Crippen LogP contribution in [0.1, 0.15) is 30.9 Å². The van der Waals surface area contributed by atoms with E-state index >= 15 is 0 Å². The van der Waals surface area contributed by atoms with Gasteiger partial charge in [-0.25, -0.2) is 0 Å². The smallest absolute Gasteiger partial charge is 0.243 e. The zero-order chi connectivity index (χ0) is 26.3. The zero-order valence-corrected chi connectivity index (χ0v) is 21.6. The summed E-state index contributed by atoms with van der Waals surface area (Å²) in [6, 6.07) is 15.9. The minimum Gasteiger partial charge on any atom is -0.489 e. The predicted molar refractivity (Wildman–Crippen MR) is 142 cm³/mol. The summed E-state index contributed by atoms with van der Waals surface area (Å²) >= 11 is 1.62. The lowest BCUT2D eigenvalue weighted by Gasteiger charge is -2.23. The Hall–Kier alpha value is -3.04. The first-order valence-corrected chi connectivity index (χ1v) is 13.3. The number of hydrogen-bond acceptors (Lipinski definition) is 6. The van der Waals surface area contributed by atoms with Gasteiger partial charge in [0.2, 0.25) is 17.7 Å². The van der Waals surface area contributed by atoms with Crippen LogP contribution >= 0.6 is 11.8 Å². The third-order valence-corrected chi connectivity index (χ3v) is 6.27. The molecule has 0 saturated heterocycles. The molecule has 3 amide bonds. The number of nitrogens with one attached hydrogen (secondary N) is 2. The van der Waals surface area contributed by atoms with Crippen molar-refractivity contribution in [1.82, 2.24) is 10.6 Å². The molecule has 2 aromatic rings. The van der Waals surface area contributed by atoms with Crippen LogP contribution < -0.4 is 21.1 Å². The third-order valence-electron chi connectivity index (χ3n) is 5.62.